The van der Waals surface area contributed by atoms with Gasteiger partial charge in [0.15, 0.2) is 0 Å². The lowest BCUT2D eigenvalue weighted by atomic mass is 9.93. The van der Waals surface area contributed by atoms with Crippen LogP contribution in [0.25, 0.3) is 0 Å². The zero-order valence-corrected chi connectivity index (χ0v) is 13.6. The topological polar surface area (TPSA) is 43.9 Å². The Morgan fingerprint density at radius 1 is 1.36 bits per heavy atom. The van der Waals surface area contributed by atoms with Crippen LogP contribution in [0.1, 0.15) is 19.3 Å². The molecule has 1 saturated carbocycles. The Balaban J connectivity index is 1.55. The lowest BCUT2D eigenvalue weighted by Gasteiger charge is -2.46. The van der Waals surface area contributed by atoms with Crippen LogP contribution in [0.15, 0.2) is 16.8 Å². The Morgan fingerprint density at radius 3 is 2.86 bits per heavy atom. The maximum absolute atomic E-state index is 12.4. The number of amides is 2. The lowest BCUT2D eigenvalue weighted by Crippen LogP contribution is -2.64. The van der Waals surface area contributed by atoms with E-state index < -0.39 is 0 Å². The summed E-state index contributed by atoms with van der Waals surface area (Å²) in [6.45, 7) is 2.70. The van der Waals surface area contributed by atoms with E-state index in [2.05, 4.69) is 4.90 Å². The number of carbonyl (C=O) groups is 2. The van der Waals surface area contributed by atoms with Crippen LogP contribution in [-0.4, -0.2) is 60.4 Å². The molecule has 0 radical (unpaired) electrons. The fourth-order valence-corrected chi connectivity index (χ4v) is 4.32. The molecule has 1 aliphatic carbocycles. The van der Waals surface area contributed by atoms with Gasteiger partial charge in [-0.3, -0.25) is 14.5 Å². The summed E-state index contributed by atoms with van der Waals surface area (Å²) in [5.74, 6) is 0.751. The van der Waals surface area contributed by atoms with Crippen LogP contribution in [0.3, 0.4) is 0 Å². The van der Waals surface area contributed by atoms with Gasteiger partial charge in [0, 0.05) is 30.9 Å². The summed E-state index contributed by atoms with van der Waals surface area (Å²) in [6.07, 6.45) is 3.06. The molecule has 0 bridgehead atoms. The quantitative estimate of drug-likeness (QED) is 0.828. The molecular weight excluding hydrogens is 298 g/mol. The fraction of sp³-hybridized carbons (Fsp3) is 0.625. The number of rotatable bonds is 2. The third-order valence-corrected chi connectivity index (χ3v) is 5.99. The van der Waals surface area contributed by atoms with Crippen molar-refractivity contribution in [2.45, 2.75) is 24.8 Å². The van der Waals surface area contributed by atoms with Crippen molar-refractivity contribution in [1.29, 1.82) is 0 Å². The average Bonchev–Trinajstić information content (AvgIpc) is 3.04. The second kappa shape index (κ2) is 5.06. The van der Waals surface area contributed by atoms with Gasteiger partial charge in [0.1, 0.15) is 0 Å². The van der Waals surface area contributed by atoms with E-state index in [0.717, 1.165) is 38.0 Å². The number of thiophene rings is 1. The number of likely N-dealkylation sites (N-methyl/N-ethyl adjacent to an activating group) is 1. The second-order valence-electron chi connectivity index (χ2n) is 6.83. The van der Waals surface area contributed by atoms with Crippen molar-refractivity contribution in [3.63, 3.8) is 0 Å². The summed E-state index contributed by atoms with van der Waals surface area (Å²) in [4.78, 5) is 30.8. The first kappa shape index (κ1) is 14.2. The van der Waals surface area contributed by atoms with Crippen LogP contribution in [0.4, 0.5) is 5.69 Å². The molecule has 1 unspecified atom stereocenters. The van der Waals surface area contributed by atoms with Crippen molar-refractivity contribution in [3.8, 4) is 0 Å². The molecule has 3 fully saturated rings. The zero-order valence-electron chi connectivity index (χ0n) is 12.8. The van der Waals surface area contributed by atoms with Gasteiger partial charge < -0.3 is 9.80 Å². The molecule has 0 aromatic carbocycles. The number of carbonyl (C=O) groups excluding carboxylic acids is 2. The summed E-state index contributed by atoms with van der Waals surface area (Å²) < 4.78 is 0. The number of likely N-dealkylation sites (tertiary alicyclic amines) is 1. The van der Waals surface area contributed by atoms with E-state index in [1.807, 2.05) is 33.7 Å². The highest BCUT2D eigenvalue weighted by Crippen LogP contribution is 2.37. The third kappa shape index (κ3) is 2.25. The molecule has 118 valence electrons. The van der Waals surface area contributed by atoms with Gasteiger partial charge in [-0.05, 0) is 37.8 Å². The summed E-state index contributed by atoms with van der Waals surface area (Å²) in [6, 6.07) is 2.00. The molecule has 0 N–H and O–H groups in total. The molecule has 22 heavy (non-hydrogen) atoms. The van der Waals surface area contributed by atoms with Crippen LogP contribution in [0.5, 0.6) is 0 Å². The van der Waals surface area contributed by atoms with E-state index in [0.29, 0.717) is 19.0 Å². The lowest BCUT2D eigenvalue weighted by molar-refractivity contribution is -0.132. The molecule has 6 heteroatoms. The highest BCUT2D eigenvalue weighted by Gasteiger charge is 2.50. The number of hydrogen-bond acceptors (Lipinski definition) is 4. The molecular formula is C16H21N3O2S. The zero-order chi connectivity index (χ0) is 15.3. The molecule has 1 atom stereocenters. The summed E-state index contributed by atoms with van der Waals surface area (Å²) in [5.41, 5.74) is 0.912. The Hall–Kier alpha value is -1.40. The van der Waals surface area contributed by atoms with Crippen LogP contribution in [-0.2, 0) is 9.59 Å². The Kier molecular flexibility index (Phi) is 3.27. The van der Waals surface area contributed by atoms with Crippen LogP contribution < -0.4 is 4.90 Å². The van der Waals surface area contributed by atoms with Gasteiger partial charge in [0.25, 0.3) is 0 Å². The SMILES string of the molecule is CN1CC(=O)N(c2ccsc2)CC12CCN(C(=O)C1CC1)C2. The van der Waals surface area contributed by atoms with Gasteiger partial charge >= 0.3 is 0 Å². The van der Waals surface area contributed by atoms with Gasteiger partial charge in [0.05, 0.1) is 17.8 Å². The van der Waals surface area contributed by atoms with Crippen molar-refractivity contribution in [1.82, 2.24) is 9.80 Å². The molecule has 3 heterocycles. The molecule has 2 aliphatic heterocycles. The second-order valence-corrected chi connectivity index (χ2v) is 7.61. The molecule has 4 rings (SSSR count). The highest BCUT2D eigenvalue weighted by atomic mass is 32.1. The maximum Gasteiger partial charge on any atom is 0.241 e. The van der Waals surface area contributed by atoms with Gasteiger partial charge in [-0.25, -0.2) is 0 Å². The smallest absolute Gasteiger partial charge is 0.241 e. The maximum atomic E-state index is 12.4. The van der Waals surface area contributed by atoms with Gasteiger partial charge in [0.2, 0.25) is 11.8 Å². The van der Waals surface area contributed by atoms with E-state index in [1.165, 1.54) is 0 Å². The first-order valence-electron chi connectivity index (χ1n) is 7.92. The van der Waals surface area contributed by atoms with E-state index >= 15 is 0 Å². The number of anilines is 1. The van der Waals surface area contributed by atoms with Gasteiger partial charge in [-0.2, -0.15) is 11.3 Å². The Morgan fingerprint density at radius 2 is 2.18 bits per heavy atom. The van der Waals surface area contributed by atoms with E-state index in [1.54, 1.807) is 11.3 Å². The predicted molar refractivity (Wildman–Crippen MR) is 86.0 cm³/mol. The van der Waals surface area contributed by atoms with Crippen LogP contribution in [0, 0.1) is 5.92 Å². The van der Waals surface area contributed by atoms with Crippen molar-refractivity contribution in [2.24, 2.45) is 5.92 Å². The van der Waals surface area contributed by atoms with Crippen LogP contribution >= 0.6 is 11.3 Å². The highest BCUT2D eigenvalue weighted by molar-refractivity contribution is 7.08. The molecule has 5 nitrogen and oxygen atoms in total. The van der Waals surface area contributed by atoms with E-state index in [9.17, 15) is 9.59 Å². The Labute approximate surface area is 134 Å². The number of piperazine rings is 1. The normalized spacial score (nSPS) is 29.6. The summed E-state index contributed by atoms with van der Waals surface area (Å²) in [5, 5.41) is 4.03. The molecule has 3 aliphatic rings. The molecule has 2 saturated heterocycles. The third-order valence-electron chi connectivity index (χ3n) is 5.32. The Bertz CT molecular complexity index is 599. The van der Waals surface area contributed by atoms with Crippen molar-refractivity contribution in [3.05, 3.63) is 16.8 Å². The summed E-state index contributed by atoms with van der Waals surface area (Å²) in [7, 11) is 2.02. The van der Waals surface area contributed by atoms with E-state index in [4.69, 9.17) is 0 Å². The van der Waals surface area contributed by atoms with Gasteiger partial charge in [-0.1, -0.05) is 0 Å². The van der Waals surface area contributed by atoms with Gasteiger partial charge in [-0.15, -0.1) is 0 Å². The minimum Gasteiger partial charge on any atom is -0.340 e. The predicted octanol–water partition coefficient (Wildman–Crippen LogP) is 1.41. The standard InChI is InChI=1S/C16H21N3O2S/c1-17-8-14(20)19(13-4-7-22-9-13)11-16(17)5-6-18(10-16)15(21)12-2-3-12/h4,7,9,12H,2-3,5-6,8,10-11H2,1H3. The monoisotopic (exact) mass is 319 g/mol. The molecule has 1 aromatic heterocycles. The van der Waals surface area contributed by atoms with Crippen molar-refractivity contribution in [2.75, 3.05) is 38.1 Å². The average molecular weight is 319 g/mol. The molecule has 1 aromatic rings. The number of hydrogen-bond donors (Lipinski definition) is 0. The first-order chi connectivity index (χ1) is 10.6. The first-order valence-corrected chi connectivity index (χ1v) is 8.86. The summed E-state index contributed by atoms with van der Waals surface area (Å²) >= 11 is 1.61. The molecule has 2 amide bonds. The molecule has 1 spiro atoms. The van der Waals surface area contributed by atoms with E-state index in [-0.39, 0.29) is 17.4 Å². The van der Waals surface area contributed by atoms with Crippen molar-refractivity contribution < 1.29 is 9.59 Å². The number of nitrogens with zero attached hydrogens (tertiary/aromatic N) is 3. The minimum atomic E-state index is -0.0829. The van der Waals surface area contributed by atoms with Crippen LogP contribution in [0.2, 0.25) is 0 Å². The largest absolute Gasteiger partial charge is 0.340 e. The fourth-order valence-electron chi connectivity index (χ4n) is 3.68. The minimum absolute atomic E-state index is 0.0829. The van der Waals surface area contributed by atoms with Crippen molar-refractivity contribution >= 4 is 28.8 Å².